The number of hydrogen-bond donors (Lipinski definition) is 1. The number of nitrogen functional groups attached to an aromatic ring is 1. The molecule has 0 spiro atoms. The van der Waals surface area contributed by atoms with Crippen molar-refractivity contribution in [1.82, 2.24) is 14.0 Å². The lowest BCUT2D eigenvalue weighted by Gasteiger charge is -2.34. The molecule has 1 aromatic heterocycles. The third kappa shape index (κ3) is 3.61. The molecule has 0 unspecified atom stereocenters. The van der Waals surface area contributed by atoms with Crippen LogP contribution in [0.3, 0.4) is 0 Å². The van der Waals surface area contributed by atoms with Crippen LogP contribution in [-0.4, -0.2) is 39.5 Å². The topological polar surface area (TPSA) is 90.3 Å². The smallest absolute Gasteiger partial charge is 0.332 e. The van der Waals surface area contributed by atoms with Crippen molar-refractivity contribution in [3.8, 4) is 0 Å². The predicted octanol–water partition coefficient (Wildman–Crippen LogP) is 0.700. The van der Waals surface area contributed by atoms with Gasteiger partial charge in [0.1, 0.15) is 11.4 Å². The van der Waals surface area contributed by atoms with Crippen LogP contribution in [0.5, 0.6) is 0 Å². The first-order valence-corrected chi connectivity index (χ1v) is 8.61. The Bertz CT molecular complexity index is 725. The zero-order valence-electron chi connectivity index (χ0n) is 15.0. The number of nitrogens with zero attached hydrogens (tertiary/aromatic N) is 3. The number of nitrogens with two attached hydrogens (primary N) is 1. The highest BCUT2D eigenvalue weighted by Crippen LogP contribution is 2.21. The van der Waals surface area contributed by atoms with Crippen molar-refractivity contribution in [3.63, 3.8) is 0 Å². The first-order chi connectivity index (χ1) is 11.3. The molecule has 0 radical (unpaired) electrons. The van der Waals surface area contributed by atoms with E-state index in [9.17, 15) is 14.4 Å². The molecule has 1 saturated heterocycles. The van der Waals surface area contributed by atoms with Crippen molar-refractivity contribution < 1.29 is 4.79 Å². The Balaban J connectivity index is 2.35. The summed E-state index contributed by atoms with van der Waals surface area (Å²) >= 11 is 0. The maximum Gasteiger partial charge on any atom is 0.332 e. The molecule has 2 rings (SSSR count). The SMILES string of the molecule is CCCn1c(N)c(C(=O)CN2C[C@@H](C)C[C@H](C)C2)c(=O)n(C)c1=O. The van der Waals surface area contributed by atoms with Gasteiger partial charge >= 0.3 is 5.69 Å². The van der Waals surface area contributed by atoms with Gasteiger partial charge in [0.15, 0.2) is 5.78 Å². The Morgan fingerprint density at radius 2 is 1.79 bits per heavy atom. The van der Waals surface area contributed by atoms with E-state index in [1.807, 2.05) is 6.92 Å². The van der Waals surface area contributed by atoms with Gasteiger partial charge in [-0.1, -0.05) is 20.8 Å². The summed E-state index contributed by atoms with van der Waals surface area (Å²) in [6.07, 6.45) is 1.84. The molecule has 1 fully saturated rings. The Morgan fingerprint density at radius 1 is 1.21 bits per heavy atom. The molecule has 1 aliphatic heterocycles. The van der Waals surface area contributed by atoms with E-state index >= 15 is 0 Å². The average Bonchev–Trinajstić information content (AvgIpc) is 2.48. The lowest BCUT2D eigenvalue weighted by atomic mass is 9.91. The van der Waals surface area contributed by atoms with Crippen LogP contribution in [0.1, 0.15) is 44.0 Å². The van der Waals surface area contributed by atoms with E-state index in [0.717, 1.165) is 24.1 Å². The normalized spacial score (nSPS) is 21.8. The van der Waals surface area contributed by atoms with Gasteiger partial charge in [0.05, 0.1) is 6.54 Å². The van der Waals surface area contributed by atoms with Crippen LogP contribution in [0.4, 0.5) is 5.82 Å². The number of aromatic nitrogens is 2. The molecule has 0 aliphatic carbocycles. The zero-order chi connectivity index (χ0) is 18.0. The second-order valence-corrected chi connectivity index (χ2v) is 7.12. The largest absolute Gasteiger partial charge is 0.384 e. The highest BCUT2D eigenvalue weighted by Gasteiger charge is 2.27. The summed E-state index contributed by atoms with van der Waals surface area (Å²) in [6.45, 7) is 8.48. The molecular weight excluding hydrogens is 308 g/mol. The standard InChI is InChI=1S/C17H28N4O3/c1-5-6-21-15(18)14(16(23)19(4)17(21)24)13(22)10-20-8-11(2)7-12(3)9-20/h11-12H,5-10,18H2,1-4H3/t11-,12-/m0/s1. The van der Waals surface area contributed by atoms with Crippen LogP contribution >= 0.6 is 0 Å². The summed E-state index contributed by atoms with van der Waals surface area (Å²) in [4.78, 5) is 39.4. The summed E-state index contributed by atoms with van der Waals surface area (Å²) in [7, 11) is 1.39. The molecular formula is C17H28N4O3. The molecule has 2 N–H and O–H groups in total. The van der Waals surface area contributed by atoms with Crippen molar-refractivity contribution in [1.29, 1.82) is 0 Å². The van der Waals surface area contributed by atoms with Gasteiger partial charge in [-0.3, -0.25) is 23.6 Å². The van der Waals surface area contributed by atoms with Crippen molar-refractivity contribution in [2.75, 3.05) is 25.4 Å². The molecule has 134 valence electrons. The molecule has 0 bridgehead atoms. The second kappa shape index (κ2) is 7.34. The molecule has 7 heteroatoms. The minimum Gasteiger partial charge on any atom is -0.384 e. The number of carbonyl (C=O) groups is 1. The Morgan fingerprint density at radius 3 is 2.33 bits per heavy atom. The van der Waals surface area contributed by atoms with Crippen molar-refractivity contribution >= 4 is 11.6 Å². The van der Waals surface area contributed by atoms with Gasteiger partial charge < -0.3 is 5.73 Å². The maximum absolute atomic E-state index is 12.7. The number of likely N-dealkylation sites (tertiary alicyclic amines) is 1. The quantitative estimate of drug-likeness (QED) is 0.799. The number of ketones is 1. The highest BCUT2D eigenvalue weighted by molar-refractivity contribution is 6.01. The van der Waals surface area contributed by atoms with Crippen molar-refractivity contribution in [2.24, 2.45) is 18.9 Å². The van der Waals surface area contributed by atoms with Crippen molar-refractivity contribution in [2.45, 2.75) is 40.2 Å². The van der Waals surface area contributed by atoms with E-state index in [-0.39, 0.29) is 23.7 Å². The molecule has 1 aliphatic rings. The molecule has 2 heterocycles. The number of hydrogen-bond acceptors (Lipinski definition) is 5. The van der Waals surface area contributed by atoms with Gasteiger partial charge in [0, 0.05) is 26.7 Å². The third-order valence-electron chi connectivity index (χ3n) is 4.62. The fourth-order valence-electron chi connectivity index (χ4n) is 3.69. The van der Waals surface area contributed by atoms with E-state index in [4.69, 9.17) is 5.73 Å². The summed E-state index contributed by atoms with van der Waals surface area (Å²) in [5.74, 6) is 0.735. The Hall–Kier alpha value is -1.89. The van der Waals surface area contributed by atoms with Crippen LogP contribution in [0.25, 0.3) is 0 Å². The lowest BCUT2D eigenvalue weighted by molar-refractivity contribution is 0.0847. The molecule has 24 heavy (non-hydrogen) atoms. The van der Waals surface area contributed by atoms with E-state index < -0.39 is 11.2 Å². The zero-order valence-corrected chi connectivity index (χ0v) is 15.0. The van der Waals surface area contributed by atoms with Gasteiger partial charge in [0.2, 0.25) is 0 Å². The van der Waals surface area contributed by atoms with Gasteiger partial charge in [-0.2, -0.15) is 0 Å². The molecule has 0 aromatic carbocycles. The van der Waals surface area contributed by atoms with Crippen LogP contribution < -0.4 is 17.0 Å². The first kappa shape index (κ1) is 18.4. The monoisotopic (exact) mass is 336 g/mol. The Kier molecular flexibility index (Phi) is 5.64. The first-order valence-electron chi connectivity index (χ1n) is 8.61. The van der Waals surface area contributed by atoms with Gasteiger partial charge in [-0.05, 0) is 24.7 Å². The summed E-state index contributed by atoms with van der Waals surface area (Å²) in [6, 6.07) is 0. The van der Waals surface area contributed by atoms with Crippen LogP contribution in [-0.2, 0) is 13.6 Å². The summed E-state index contributed by atoms with van der Waals surface area (Å²) in [5.41, 5.74) is 4.87. The number of Topliss-reactive ketones (excluding diaryl/α,β-unsaturated/α-hetero) is 1. The fraction of sp³-hybridized carbons (Fsp3) is 0.706. The minimum absolute atomic E-state index is 0.00643. The molecule has 0 saturated carbocycles. The maximum atomic E-state index is 12.7. The molecule has 0 amide bonds. The van der Waals surface area contributed by atoms with E-state index in [2.05, 4.69) is 18.7 Å². The number of anilines is 1. The van der Waals surface area contributed by atoms with Gasteiger partial charge in [0.25, 0.3) is 5.56 Å². The third-order valence-corrected chi connectivity index (χ3v) is 4.62. The average molecular weight is 336 g/mol. The van der Waals surface area contributed by atoms with Crippen LogP contribution in [0.2, 0.25) is 0 Å². The van der Waals surface area contributed by atoms with E-state index in [1.54, 1.807) is 0 Å². The summed E-state index contributed by atoms with van der Waals surface area (Å²) in [5, 5.41) is 0. The van der Waals surface area contributed by atoms with Crippen LogP contribution in [0.15, 0.2) is 9.59 Å². The Labute approximate surface area is 142 Å². The fourth-order valence-corrected chi connectivity index (χ4v) is 3.69. The lowest BCUT2D eigenvalue weighted by Crippen LogP contribution is -2.46. The molecule has 7 nitrogen and oxygen atoms in total. The number of piperidine rings is 1. The van der Waals surface area contributed by atoms with Gasteiger partial charge in [-0.25, -0.2) is 4.79 Å². The van der Waals surface area contributed by atoms with Crippen LogP contribution in [0, 0.1) is 11.8 Å². The predicted molar refractivity (Wildman–Crippen MR) is 94.4 cm³/mol. The van der Waals surface area contributed by atoms with E-state index in [0.29, 0.717) is 24.8 Å². The second-order valence-electron chi connectivity index (χ2n) is 7.12. The number of rotatable bonds is 5. The van der Waals surface area contributed by atoms with Crippen molar-refractivity contribution in [3.05, 3.63) is 26.4 Å². The number of carbonyl (C=O) groups excluding carboxylic acids is 1. The van der Waals surface area contributed by atoms with Gasteiger partial charge in [-0.15, -0.1) is 0 Å². The molecule has 2 atom stereocenters. The summed E-state index contributed by atoms with van der Waals surface area (Å²) < 4.78 is 2.29. The highest BCUT2D eigenvalue weighted by atomic mass is 16.2. The van der Waals surface area contributed by atoms with E-state index in [1.165, 1.54) is 11.6 Å². The minimum atomic E-state index is -0.604. The molecule has 1 aromatic rings.